The third kappa shape index (κ3) is 9.33. The third-order valence-corrected chi connectivity index (χ3v) is 10.1. The summed E-state index contributed by atoms with van der Waals surface area (Å²) in [7, 11) is -4.18. The number of halogens is 3. The normalized spacial score (nSPS) is 12.0. The highest BCUT2D eigenvalue weighted by molar-refractivity contribution is 9.10. The number of hydrogen-bond donors (Lipinski definition) is 1. The van der Waals surface area contributed by atoms with Crippen molar-refractivity contribution in [3.05, 3.63) is 129 Å². The molecule has 4 rings (SSSR count). The van der Waals surface area contributed by atoms with Gasteiger partial charge in [0.1, 0.15) is 12.6 Å². The Kier molecular flexibility index (Phi) is 12.1. The van der Waals surface area contributed by atoms with E-state index in [0.29, 0.717) is 27.8 Å². The van der Waals surface area contributed by atoms with Crippen molar-refractivity contribution >= 4 is 66.7 Å². The number of hydrogen-bond acceptors (Lipinski definition) is 4. The number of carbonyl (C=O) groups excluding carboxylic acids is 2. The number of amides is 2. The average Bonchev–Trinajstić information content (AvgIpc) is 3.03. The summed E-state index contributed by atoms with van der Waals surface area (Å²) in [5.74, 6) is -0.736. The molecule has 0 aromatic heterocycles. The zero-order valence-electron chi connectivity index (χ0n) is 24.9. The first-order valence-corrected chi connectivity index (χ1v) is 17.3. The van der Waals surface area contributed by atoms with Crippen molar-refractivity contribution in [3.63, 3.8) is 0 Å². The van der Waals surface area contributed by atoms with Crippen LogP contribution in [0.4, 0.5) is 5.69 Å². The van der Waals surface area contributed by atoms with E-state index in [2.05, 4.69) is 21.2 Å². The van der Waals surface area contributed by atoms with Crippen LogP contribution >= 0.6 is 39.1 Å². The molecule has 0 radical (unpaired) electrons. The molecule has 0 aliphatic rings. The van der Waals surface area contributed by atoms with Gasteiger partial charge in [0.15, 0.2) is 0 Å². The Morgan fingerprint density at radius 2 is 1.44 bits per heavy atom. The van der Waals surface area contributed by atoms with Gasteiger partial charge in [0.2, 0.25) is 11.8 Å². The van der Waals surface area contributed by atoms with Crippen LogP contribution in [0.2, 0.25) is 10.0 Å². The van der Waals surface area contributed by atoms with Crippen molar-refractivity contribution in [2.24, 2.45) is 5.92 Å². The Hall–Kier alpha value is -3.37. The fourth-order valence-corrected chi connectivity index (χ4v) is 6.69. The predicted octanol–water partition coefficient (Wildman–Crippen LogP) is 7.36. The van der Waals surface area contributed by atoms with Gasteiger partial charge >= 0.3 is 0 Å². The Labute approximate surface area is 283 Å². The highest BCUT2D eigenvalue weighted by Gasteiger charge is 2.34. The van der Waals surface area contributed by atoms with E-state index in [9.17, 15) is 18.0 Å². The molecule has 1 atom stereocenters. The molecule has 7 nitrogen and oxygen atoms in total. The Morgan fingerprint density at radius 1 is 0.822 bits per heavy atom. The van der Waals surface area contributed by atoms with Crippen molar-refractivity contribution in [3.8, 4) is 0 Å². The van der Waals surface area contributed by atoms with E-state index in [0.717, 1.165) is 14.3 Å². The molecule has 4 aromatic carbocycles. The molecule has 0 saturated heterocycles. The summed E-state index contributed by atoms with van der Waals surface area (Å²) >= 11 is 15.9. The van der Waals surface area contributed by atoms with Gasteiger partial charge in [0.05, 0.1) is 20.6 Å². The first-order valence-electron chi connectivity index (χ1n) is 14.3. The summed E-state index contributed by atoms with van der Waals surface area (Å²) in [5.41, 5.74) is 1.78. The fraction of sp³-hybridized carbons (Fsp3) is 0.235. The van der Waals surface area contributed by atoms with Crippen molar-refractivity contribution in [2.45, 2.75) is 37.8 Å². The van der Waals surface area contributed by atoms with E-state index in [1.165, 1.54) is 17.0 Å². The summed E-state index contributed by atoms with van der Waals surface area (Å²) in [6.07, 6.45) is 0.210. The highest BCUT2D eigenvalue weighted by atomic mass is 79.9. The zero-order valence-corrected chi connectivity index (χ0v) is 28.8. The number of carbonyl (C=O) groups is 2. The Balaban J connectivity index is 1.80. The molecule has 0 aliphatic carbocycles. The van der Waals surface area contributed by atoms with E-state index in [-0.39, 0.29) is 29.7 Å². The minimum absolute atomic E-state index is 0.0120. The van der Waals surface area contributed by atoms with E-state index >= 15 is 0 Å². The van der Waals surface area contributed by atoms with Gasteiger partial charge in [0, 0.05) is 24.0 Å². The summed E-state index contributed by atoms with van der Waals surface area (Å²) in [6, 6.07) is 28.0. The molecule has 0 spiro atoms. The van der Waals surface area contributed by atoms with Gasteiger partial charge in [-0.3, -0.25) is 13.9 Å². The van der Waals surface area contributed by atoms with Crippen LogP contribution in [0.5, 0.6) is 0 Å². The Morgan fingerprint density at radius 3 is 2.04 bits per heavy atom. The molecule has 236 valence electrons. The minimum atomic E-state index is -4.18. The number of anilines is 1. The van der Waals surface area contributed by atoms with Gasteiger partial charge in [-0.15, -0.1) is 0 Å². The molecule has 0 heterocycles. The highest BCUT2D eigenvalue weighted by Crippen LogP contribution is 2.28. The van der Waals surface area contributed by atoms with Crippen molar-refractivity contribution in [1.29, 1.82) is 0 Å². The quantitative estimate of drug-likeness (QED) is 0.156. The van der Waals surface area contributed by atoms with Crippen LogP contribution in [0.1, 0.15) is 25.0 Å². The molecule has 0 aliphatic heterocycles. The lowest BCUT2D eigenvalue weighted by molar-refractivity contribution is -0.140. The van der Waals surface area contributed by atoms with Gasteiger partial charge in [-0.2, -0.15) is 0 Å². The molecular weight excluding hydrogens is 697 g/mol. The molecule has 0 bridgehead atoms. The lowest BCUT2D eigenvalue weighted by Crippen LogP contribution is -2.53. The van der Waals surface area contributed by atoms with Crippen LogP contribution in [0.25, 0.3) is 0 Å². The molecular formula is C34H34BrCl2N3O4S. The number of nitrogens with one attached hydrogen (secondary N) is 1. The first-order chi connectivity index (χ1) is 21.5. The third-order valence-electron chi connectivity index (χ3n) is 7.02. The van der Waals surface area contributed by atoms with E-state index in [4.69, 9.17) is 23.2 Å². The van der Waals surface area contributed by atoms with Gasteiger partial charge < -0.3 is 10.2 Å². The Bertz CT molecular complexity index is 1710. The first kappa shape index (κ1) is 34.5. The van der Waals surface area contributed by atoms with Crippen LogP contribution in [0.3, 0.4) is 0 Å². The SMILES string of the molecule is CC(C)CNC(=O)C(Cc1ccccc1)N(Cc1ccc(Cl)c(Cl)c1)C(=O)CN(c1ccc(Br)cc1)S(=O)(=O)c1ccccc1. The standard InChI is InChI=1S/C34H34BrCl2N3O4S/c1-24(2)21-38-34(42)32(20-25-9-5-3-6-10-25)39(22-26-13-18-30(36)31(37)19-26)33(41)23-40(28-16-14-27(35)15-17-28)45(43,44)29-11-7-4-8-12-29/h3-19,24,32H,20-23H2,1-2H3,(H,38,42). The topological polar surface area (TPSA) is 86.8 Å². The fourth-order valence-electron chi connectivity index (χ4n) is 4.67. The van der Waals surface area contributed by atoms with Crippen LogP contribution in [0, 0.1) is 5.92 Å². The number of rotatable bonds is 13. The molecule has 1 unspecified atom stereocenters. The monoisotopic (exact) mass is 729 g/mol. The maximum atomic E-state index is 14.5. The second-order valence-corrected chi connectivity index (χ2v) is 14.5. The second-order valence-electron chi connectivity index (χ2n) is 10.9. The van der Waals surface area contributed by atoms with Crippen LogP contribution < -0.4 is 9.62 Å². The molecule has 2 amide bonds. The van der Waals surface area contributed by atoms with Crippen LogP contribution in [0.15, 0.2) is 112 Å². The summed E-state index contributed by atoms with van der Waals surface area (Å²) in [5, 5.41) is 3.63. The largest absolute Gasteiger partial charge is 0.354 e. The molecule has 45 heavy (non-hydrogen) atoms. The molecule has 0 fully saturated rings. The maximum Gasteiger partial charge on any atom is 0.264 e. The smallest absolute Gasteiger partial charge is 0.264 e. The lowest BCUT2D eigenvalue weighted by Gasteiger charge is -2.34. The van der Waals surface area contributed by atoms with Gasteiger partial charge in [-0.1, -0.05) is 108 Å². The summed E-state index contributed by atoms with van der Waals surface area (Å²) < 4.78 is 29.9. The molecule has 1 N–H and O–H groups in total. The average molecular weight is 732 g/mol. The maximum absolute atomic E-state index is 14.5. The number of nitrogens with zero attached hydrogens (tertiary/aromatic N) is 2. The van der Waals surface area contributed by atoms with Gasteiger partial charge in [0.25, 0.3) is 10.0 Å². The van der Waals surface area contributed by atoms with Crippen molar-refractivity contribution in [2.75, 3.05) is 17.4 Å². The van der Waals surface area contributed by atoms with Crippen LogP contribution in [-0.4, -0.2) is 44.3 Å². The van der Waals surface area contributed by atoms with Gasteiger partial charge in [-0.25, -0.2) is 8.42 Å². The predicted molar refractivity (Wildman–Crippen MR) is 184 cm³/mol. The molecule has 4 aromatic rings. The number of sulfonamides is 1. The summed E-state index contributed by atoms with van der Waals surface area (Å²) in [6.45, 7) is 3.81. The molecule has 11 heteroatoms. The van der Waals surface area contributed by atoms with Crippen molar-refractivity contribution < 1.29 is 18.0 Å². The van der Waals surface area contributed by atoms with E-state index < -0.39 is 28.5 Å². The summed E-state index contributed by atoms with van der Waals surface area (Å²) in [4.78, 5) is 29.8. The van der Waals surface area contributed by atoms with Crippen LogP contribution in [-0.2, 0) is 32.6 Å². The lowest BCUT2D eigenvalue weighted by atomic mass is 10.0. The van der Waals surface area contributed by atoms with E-state index in [1.54, 1.807) is 60.7 Å². The minimum Gasteiger partial charge on any atom is -0.354 e. The van der Waals surface area contributed by atoms with Gasteiger partial charge in [-0.05, 0) is 65.6 Å². The second kappa shape index (κ2) is 15.8. The zero-order chi connectivity index (χ0) is 32.6. The molecule has 0 saturated carbocycles. The number of benzene rings is 4. The van der Waals surface area contributed by atoms with E-state index in [1.807, 2.05) is 44.2 Å². The van der Waals surface area contributed by atoms with Crippen molar-refractivity contribution in [1.82, 2.24) is 10.2 Å².